The van der Waals surface area contributed by atoms with Gasteiger partial charge in [-0.3, -0.25) is 4.79 Å². The van der Waals surface area contributed by atoms with E-state index in [4.69, 9.17) is 9.40 Å². The highest BCUT2D eigenvalue weighted by atomic mass is 16.4. The molecule has 2 aliphatic heterocycles. The van der Waals surface area contributed by atoms with E-state index >= 15 is 0 Å². The molecule has 2 aliphatic rings. The average Bonchev–Trinajstić information content (AvgIpc) is 2.83. The Hall–Kier alpha value is -3.42. The lowest BCUT2D eigenvalue weighted by Gasteiger charge is -2.36. The van der Waals surface area contributed by atoms with Crippen LogP contribution in [0.3, 0.4) is 0 Å². The van der Waals surface area contributed by atoms with Crippen molar-refractivity contribution in [3.05, 3.63) is 58.1 Å². The van der Waals surface area contributed by atoms with Crippen LogP contribution in [-0.4, -0.2) is 60.0 Å². The Kier molecular flexibility index (Phi) is 5.51. The van der Waals surface area contributed by atoms with Crippen LogP contribution < -0.4 is 15.4 Å². The van der Waals surface area contributed by atoms with E-state index in [2.05, 4.69) is 14.8 Å². The van der Waals surface area contributed by atoms with Crippen molar-refractivity contribution in [1.29, 1.82) is 0 Å². The third-order valence-electron chi connectivity index (χ3n) is 6.23. The quantitative estimate of drug-likeness (QED) is 0.588. The highest BCUT2D eigenvalue weighted by Gasteiger charge is 2.26. The molecule has 0 N–H and O–H groups in total. The molecule has 0 atom stereocenters. The topological polar surface area (TPSA) is 82.8 Å². The fourth-order valence-electron chi connectivity index (χ4n) is 4.45. The van der Waals surface area contributed by atoms with Gasteiger partial charge in [0.1, 0.15) is 17.0 Å². The van der Waals surface area contributed by atoms with Gasteiger partial charge in [0.05, 0.1) is 0 Å². The lowest BCUT2D eigenvalue weighted by molar-refractivity contribution is 0.0742. The lowest BCUT2D eigenvalue weighted by atomic mass is 10.1. The van der Waals surface area contributed by atoms with Crippen molar-refractivity contribution in [3.8, 4) is 0 Å². The Morgan fingerprint density at radius 3 is 2.44 bits per heavy atom. The average molecular weight is 434 g/mol. The molecule has 2 fully saturated rings. The van der Waals surface area contributed by atoms with Crippen LogP contribution in [0.5, 0.6) is 0 Å². The first kappa shape index (κ1) is 20.5. The summed E-state index contributed by atoms with van der Waals surface area (Å²) in [4.78, 5) is 41.1. The molecule has 0 saturated carbocycles. The van der Waals surface area contributed by atoms with Crippen LogP contribution in [0.1, 0.15) is 35.3 Å². The minimum Gasteiger partial charge on any atom is -0.422 e. The van der Waals surface area contributed by atoms with E-state index in [-0.39, 0.29) is 11.5 Å². The molecule has 5 rings (SSSR count). The molecule has 1 amide bonds. The molecular formula is C24H27N5O3. The van der Waals surface area contributed by atoms with Crippen LogP contribution in [0.4, 0.5) is 11.8 Å². The van der Waals surface area contributed by atoms with Crippen LogP contribution >= 0.6 is 0 Å². The summed E-state index contributed by atoms with van der Waals surface area (Å²) in [7, 11) is 0. The fraction of sp³-hybridized carbons (Fsp3) is 0.417. The van der Waals surface area contributed by atoms with Gasteiger partial charge in [0.15, 0.2) is 0 Å². The summed E-state index contributed by atoms with van der Waals surface area (Å²) in [6.07, 6.45) is 3.62. The van der Waals surface area contributed by atoms with Crippen LogP contribution in [-0.2, 0) is 0 Å². The molecule has 4 heterocycles. The van der Waals surface area contributed by atoms with Gasteiger partial charge in [-0.25, -0.2) is 9.78 Å². The van der Waals surface area contributed by atoms with Gasteiger partial charge < -0.3 is 19.1 Å². The molecule has 2 saturated heterocycles. The van der Waals surface area contributed by atoms with Crippen molar-refractivity contribution in [3.63, 3.8) is 0 Å². The molecule has 2 aromatic heterocycles. The summed E-state index contributed by atoms with van der Waals surface area (Å²) in [5, 5.41) is 0.746. The number of piperazine rings is 1. The zero-order valence-corrected chi connectivity index (χ0v) is 18.3. The largest absolute Gasteiger partial charge is 0.422 e. The summed E-state index contributed by atoms with van der Waals surface area (Å²) in [5.74, 6) is 1.42. The Labute approximate surface area is 186 Å². The van der Waals surface area contributed by atoms with Crippen LogP contribution in [0, 0.1) is 6.92 Å². The Morgan fingerprint density at radius 1 is 0.906 bits per heavy atom. The van der Waals surface area contributed by atoms with Crippen molar-refractivity contribution in [2.75, 3.05) is 49.1 Å². The van der Waals surface area contributed by atoms with Crippen LogP contribution in [0.15, 0.2) is 45.6 Å². The second kappa shape index (κ2) is 8.61. The normalized spacial score (nSPS) is 17.1. The smallest absolute Gasteiger partial charge is 0.349 e. The van der Waals surface area contributed by atoms with Gasteiger partial charge in [-0.05, 0) is 38.3 Å². The summed E-state index contributed by atoms with van der Waals surface area (Å²) in [6.45, 7) is 6.35. The highest BCUT2D eigenvalue weighted by molar-refractivity contribution is 5.96. The standard InChI is InChI=1S/C24H27N5O3/c1-17-15-21(26-24(25-17)29-9-5-2-6-10-29)27-11-13-28(14-12-27)22(30)19-16-18-7-3-4-8-20(18)32-23(19)31/h3-4,7-8,15-16H,2,5-6,9-14H2,1H3. The number of hydrogen-bond acceptors (Lipinski definition) is 7. The van der Waals surface area contributed by atoms with Crippen molar-refractivity contribution < 1.29 is 9.21 Å². The number of nitrogens with zero attached hydrogens (tertiary/aromatic N) is 5. The molecule has 166 valence electrons. The number of carbonyl (C=O) groups is 1. The maximum atomic E-state index is 13.0. The zero-order chi connectivity index (χ0) is 22.1. The number of hydrogen-bond donors (Lipinski definition) is 0. The molecule has 0 radical (unpaired) electrons. The molecule has 8 nitrogen and oxygen atoms in total. The molecule has 3 aromatic rings. The van der Waals surface area contributed by atoms with E-state index in [1.54, 1.807) is 23.1 Å². The summed E-state index contributed by atoms with van der Waals surface area (Å²) in [5.41, 5.74) is 0.932. The predicted octanol–water partition coefficient (Wildman–Crippen LogP) is 2.84. The van der Waals surface area contributed by atoms with E-state index < -0.39 is 5.63 Å². The number of aryl methyl sites for hydroxylation is 1. The Balaban J connectivity index is 1.30. The maximum absolute atomic E-state index is 13.0. The van der Waals surface area contributed by atoms with Gasteiger partial charge in [-0.2, -0.15) is 4.98 Å². The Morgan fingerprint density at radius 2 is 1.66 bits per heavy atom. The summed E-state index contributed by atoms with van der Waals surface area (Å²) < 4.78 is 5.34. The molecule has 0 spiro atoms. The predicted molar refractivity (Wildman–Crippen MR) is 123 cm³/mol. The van der Waals surface area contributed by atoms with E-state index in [1.807, 2.05) is 25.1 Å². The molecular weight excluding hydrogens is 406 g/mol. The van der Waals surface area contributed by atoms with Crippen molar-refractivity contribution in [2.24, 2.45) is 0 Å². The maximum Gasteiger partial charge on any atom is 0.349 e. The van der Waals surface area contributed by atoms with E-state index in [9.17, 15) is 9.59 Å². The second-order valence-electron chi connectivity index (χ2n) is 8.48. The summed E-state index contributed by atoms with van der Waals surface area (Å²) >= 11 is 0. The van der Waals surface area contributed by atoms with E-state index in [1.165, 1.54) is 19.3 Å². The number of piperidine rings is 1. The molecule has 0 bridgehead atoms. The van der Waals surface area contributed by atoms with Gasteiger partial charge >= 0.3 is 5.63 Å². The highest BCUT2D eigenvalue weighted by Crippen LogP contribution is 2.22. The number of anilines is 2. The summed E-state index contributed by atoms with van der Waals surface area (Å²) in [6, 6.07) is 10.9. The third kappa shape index (κ3) is 4.04. The molecule has 8 heteroatoms. The fourth-order valence-corrected chi connectivity index (χ4v) is 4.45. The first-order chi connectivity index (χ1) is 15.6. The van der Waals surface area contributed by atoms with Crippen molar-refractivity contribution in [1.82, 2.24) is 14.9 Å². The number of carbonyl (C=O) groups excluding carboxylic acids is 1. The minimum absolute atomic E-state index is 0.0856. The second-order valence-corrected chi connectivity index (χ2v) is 8.48. The van der Waals surface area contributed by atoms with Crippen molar-refractivity contribution in [2.45, 2.75) is 26.2 Å². The monoisotopic (exact) mass is 433 g/mol. The third-order valence-corrected chi connectivity index (χ3v) is 6.23. The van der Waals surface area contributed by atoms with Gasteiger partial charge in [0.25, 0.3) is 5.91 Å². The molecule has 32 heavy (non-hydrogen) atoms. The van der Waals surface area contributed by atoms with Gasteiger partial charge in [-0.15, -0.1) is 0 Å². The van der Waals surface area contributed by atoms with Gasteiger partial charge in [0.2, 0.25) is 5.95 Å². The lowest BCUT2D eigenvalue weighted by Crippen LogP contribution is -2.49. The SMILES string of the molecule is Cc1cc(N2CCN(C(=O)c3cc4ccccc4oc3=O)CC2)nc(N2CCCCC2)n1. The number of aromatic nitrogens is 2. The first-order valence-corrected chi connectivity index (χ1v) is 11.3. The van der Waals surface area contributed by atoms with Crippen LogP contribution in [0.2, 0.25) is 0 Å². The van der Waals surface area contributed by atoms with Crippen molar-refractivity contribution >= 4 is 28.6 Å². The number of para-hydroxylation sites is 1. The number of benzene rings is 1. The van der Waals surface area contributed by atoms with Crippen LogP contribution in [0.25, 0.3) is 11.0 Å². The number of rotatable bonds is 3. The minimum atomic E-state index is -0.589. The molecule has 1 aromatic carbocycles. The molecule has 0 aliphatic carbocycles. The van der Waals surface area contributed by atoms with E-state index in [0.717, 1.165) is 35.9 Å². The number of fused-ring (bicyclic) bond motifs is 1. The van der Waals surface area contributed by atoms with E-state index in [0.29, 0.717) is 31.8 Å². The molecule has 0 unspecified atom stereocenters. The van der Waals surface area contributed by atoms with Gasteiger partial charge in [0, 0.05) is 56.4 Å². The Bertz CT molecular complexity index is 1190. The zero-order valence-electron chi connectivity index (χ0n) is 18.3. The number of amides is 1. The first-order valence-electron chi connectivity index (χ1n) is 11.3. The van der Waals surface area contributed by atoms with Gasteiger partial charge in [-0.1, -0.05) is 18.2 Å².